The number of methoxy groups -OCH3 is 1. The standard InChI is InChI=1S/C7H5BrF2O3S/c1-13-7-5(9)2-4(8)3-6(7)14(10,11)12/h2-3H,1H3. The first kappa shape index (κ1) is 11.4. The Morgan fingerprint density at radius 1 is 1.43 bits per heavy atom. The molecule has 0 spiro atoms. The highest BCUT2D eigenvalue weighted by Gasteiger charge is 2.22. The molecule has 1 rings (SSSR count). The molecular weight excluding hydrogens is 282 g/mol. The second-order valence-electron chi connectivity index (χ2n) is 2.36. The third-order valence-electron chi connectivity index (χ3n) is 1.44. The molecule has 0 saturated carbocycles. The molecule has 14 heavy (non-hydrogen) atoms. The van der Waals surface area contributed by atoms with E-state index in [4.69, 9.17) is 0 Å². The Morgan fingerprint density at radius 2 is 2.00 bits per heavy atom. The average Bonchev–Trinajstić information content (AvgIpc) is 2.01. The van der Waals surface area contributed by atoms with Crippen molar-refractivity contribution in [2.75, 3.05) is 7.11 Å². The van der Waals surface area contributed by atoms with Crippen LogP contribution in [0.25, 0.3) is 0 Å². The summed E-state index contributed by atoms with van der Waals surface area (Å²) in [5.41, 5.74) is 0. The molecule has 0 fully saturated rings. The molecule has 0 aliphatic carbocycles. The van der Waals surface area contributed by atoms with Gasteiger partial charge in [0.2, 0.25) is 0 Å². The van der Waals surface area contributed by atoms with E-state index in [2.05, 4.69) is 20.7 Å². The van der Waals surface area contributed by atoms with Gasteiger partial charge in [0.25, 0.3) is 0 Å². The largest absolute Gasteiger partial charge is 0.492 e. The van der Waals surface area contributed by atoms with Crippen molar-refractivity contribution >= 4 is 26.2 Å². The van der Waals surface area contributed by atoms with Gasteiger partial charge in [-0.25, -0.2) is 4.39 Å². The van der Waals surface area contributed by atoms with Crippen molar-refractivity contribution in [3.05, 3.63) is 22.4 Å². The summed E-state index contributed by atoms with van der Waals surface area (Å²) in [4.78, 5) is -0.827. The Bertz CT molecular complexity index is 458. The summed E-state index contributed by atoms with van der Waals surface area (Å²) in [6.45, 7) is 0. The smallest absolute Gasteiger partial charge is 0.335 e. The topological polar surface area (TPSA) is 43.4 Å². The minimum absolute atomic E-state index is 0.118. The van der Waals surface area contributed by atoms with Crippen molar-refractivity contribution in [3.8, 4) is 5.75 Å². The molecule has 0 N–H and O–H groups in total. The minimum atomic E-state index is -4.99. The van der Waals surface area contributed by atoms with E-state index in [1.165, 1.54) is 0 Å². The van der Waals surface area contributed by atoms with Crippen molar-refractivity contribution in [2.45, 2.75) is 4.90 Å². The molecule has 0 bridgehead atoms. The molecule has 0 atom stereocenters. The molecule has 1 aromatic carbocycles. The Balaban J connectivity index is 3.56. The Morgan fingerprint density at radius 3 is 2.43 bits per heavy atom. The first-order valence-corrected chi connectivity index (χ1v) is 5.51. The van der Waals surface area contributed by atoms with Gasteiger partial charge in [0.1, 0.15) is 4.90 Å². The van der Waals surface area contributed by atoms with Crippen LogP contribution < -0.4 is 4.74 Å². The summed E-state index contributed by atoms with van der Waals surface area (Å²) in [6, 6.07) is 1.91. The third-order valence-corrected chi connectivity index (χ3v) is 2.73. The fourth-order valence-corrected chi connectivity index (χ4v) is 2.17. The lowest BCUT2D eigenvalue weighted by Gasteiger charge is -2.06. The molecule has 1 aromatic rings. The van der Waals surface area contributed by atoms with Gasteiger partial charge in [-0.05, 0) is 12.1 Å². The van der Waals surface area contributed by atoms with Crippen molar-refractivity contribution in [2.24, 2.45) is 0 Å². The zero-order valence-electron chi connectivity index (χ0n) is 6.92. The van der Waals surface area contributed by atoms with Crippen LogP contribution in [0.15, 0.2) is 21.5 Å². The zero-order chi connectivity index (χ0) is 10.9. The molecule has 0 unspecified atom stereocenters. The first-order chi connectivity index (χ1) is 6.36. The SMILES string of the molecule is COc1c(F)cc(Br)cc1S(=O)(=O)F. The molecule has 0 aliphatic heterocycles. The van der Waals surface area contributed by atoms with E-state index in [9.17, 15) is 16.7 Å². The zero-order valence-corrected chi connectivity index (χ0v) is 9.32. The van der Waals surface area contributed by atoms with Crippen molar-refractivity contribution in [1.29, 1.82) is 0 Å². The Kier molecular flexibility index (Phi) is 3.10. The van der Waals surface area contributed by atoms with Crippen LogP contribution in [0.1, 0.15) is 0 Å². The van der Waals surface area contributed by atoms with Gasteiger partial charge in [0, 0.05) is 4.47 Å². The number of rotatable bonds is 2. The highest BCUT2D eigenvalue weighted by molar-refractivity contribution is 9.10. The molecule has 0 amide bonds. The van der Waals surface area contributed by atoms with Crippen LogP contribution in [0.3, 0.4) is 0 Å². The fourth-order valence-electron chi connectivity index (χ4n) is 0.916. The number of ether oxygens (including phenoxy) is 1. The summed E-state index contributed by atoms with van der Waals surface area (Å²) in [5, 5.41) is 0. The summed E-state index contributed by atoms with van der Waals surface area (Å²) >= 11 is 2.84. The molecule has 0 heterocycles. The summed E-state index contributed by atoms with van der Waals surface area (Å²) in [7, 11) is -3.93. The van der Waals surface area contributed by atoms with E-state index in [-0.39, 0.29) is 4.47 Å². The van der Waals surface area contributed by atoms with E-state index in [0.29, 0.717) is 0 Å². The molecule has 0 aliphatic rings. The lowest BCUT2D eigenvalue weighted by molar-refractivity contribution is 0.372. The van der Waals surface area contributed by atoms with Crippen LogP contribution in [-0.2, 0) is 10.2 Å². The molecule has 0 aromatic heterocycles. The van der Waals surface area contributed by atoms with Crippen LogP contribution in [0, 0.1) is 5.82 Å². The van der Waals surface area contributed by atoms with Gasteiger partial charge >= 0.3 is 10.2 Å². The van der Waals surface area contributed by atoms with Crippen molar-refractivity contribution in [1.82, 2.24) is 0 Å². The molecule has 3 nitrogen and oxygen atoms in total. The Labute approximate surface area is 88.0 Å². The van der Waals surface area contributed by atoms with E-state index < -0.39 is 26.7 Å². The molecule has 0 saturated heterocycles. The van der Waals surface area contributed by atoms with E-state index >= 15 is 0 Å². The average molecular weight is 287 g/mol. The van der Waals surface area contributed by atoms with Crippen LogP contribution in [-0.4, -0.2) is 15.5 Å². The first-order valence-electron chi connectivity index (χ1n) is 3.34. The molecular formula is C7H5BrF2O3S. The number of hydrogen-bond acceptors (Lipinski definition) is 3. The van der Waals surface area contributed by atoms with Gasteiger partial charge < -0.3 is 4.74 Å². The normalized spacial score (nSPS) is 11.4. The van der Waals surface area contributed by atoms with Crippen molar-refractivity contribution in [3.63, 3.8) is 0 Å². The maximum Gasteiger partial charge on any atom is 0.335 e. The third kappa shape index (κ3) is 2.21. The van der Waals surface area contributed by atoms with Gasteiger partial charge in [-0.3, -0.25) is 0 Å². The summed E-state index contributed by atoms with van der Waals surface area (Å²) in [5.74, 6) is -1.58. The second kappa shape index (κ2) is 3.82. The van der Waals surface area contributed by atoms with E-state index in [1.54, 1.807) is 0 Å². The fraction of sp³-hybridized carbons (Fsp3) is 0.143. The molecule has 78 valence electrons. The van der Waals surface area contributed by atoms with Crippen LogP contribution >= 0.6 is 15.9 Å². The van der Waals surface area contributed by atoms with Crippen LogP contribution in [0.4, 0.5) is 8.28 Å². The Hall–Kier alpha value is -0.690. The second-order valence-corrected chi connectivity index (χ2v) is 4.59. The van der Waals surface area contributed by atoms with Gasteiger partial charge in [-0.1, -0.05) is 15.9 Å². The van der Waals surface area contributed by atoms with Gasteiger partial charge in [0.15, 0.2) is 11.6 Å². The number of halogens is 3. The monoisotopic (exact) mass is 286 g/mol. The number of hydrogen-bond donors (Lipinski definition) is 0. The van der Waals surface area contributed by atoms with Gasteiger partial charge in [0.05, 0.1) is 7.11 Å². The predicted molar refractivity (Wildman–Crippen MR) is 48.9 cm³/mol. The lowest BCUT2D eigenvalue weighted by Crippen LogP contribution is -1.99. The van der Waals surface area contributed by atoms with Crippen LogP contribution in [0.2, 0.25) is 0 Å². The number of benzene rings is 1. The molecule has 0 radical (unpaired) electrons. The predicted octanol–water partition coefficient (Wildman–Crippen LogP) is 2.26. The van der Waals surface area contributed by atoms with Gasteiger partial charge in [-0.15, -0.1) is 3.89 Å². The van der Waals surface area contributed by atoms with Gasteiger partial charge in [-0.2, -0.15) is 8.42 Å². The maximum absolute atomic E-state index is 13.1. The van der Waals surface area contributed by atoms with Crippen molar-refractivity contribution < 1.29 is 21.4 Å². The van der Waals surface area contributed by atoms with E-state index in [0.717, 1.165) is 19.2 Å². The lowest BCUT2D eigenvalue weighted by atomic mass is 10.3. The summed E-state index contributed by atoms with van der Waals surface area (Å²) < 4.78 is 51.4. The highest BCUT2D eigenvalue weighted by atomic mass is 79.9. The minimum Gasteiger partial charge on any atom is -0.492 e. The quantitative estimate of drug-likeness (QED) is 0.784. The highest BCUT2D eigenvalue weighted by Crippen LogP contribution is 2.31. The van der Waals surface area contributed by atoms with Crippen LogP contribution in [0.5, 0.6) is 5.75 Å². The maximum atomic E-state index is 13.1. The van der Waals surface area contributed by atoms with E-state index in [1.807, 2.05) is 0 Å². The molecule has 7 heteroatoms. The summed E-state index contributed by atoms with van der Waals surface area (Å²) in [6.07, 6.45) is 0.